The maximum atomic E-state index is 12.5. The predicted octanol–water partition coefficient (Wildman–Crippen LogP) is 2.64. The normalized spacial score (nSPS) is 10.9. The zero-order valence-corrected chi connectivity index (χ0v) is 15.7. The third kappa shape index (κ3) is 4.66. The first kappa shape index (κ1) is 19.6. The Morgan fingerprint density at radius 1 is 1.00 bits per heavy atom. The minimum atomic E-state index is -3.80. The van der Waals surface area contributed by atoms with E-state index >= 15 is 0 Å². The Bertz CT molecular complexity index is 864. The van der Waals surface area contributed by atoms with E-state index in [-0.39, 0.29) is 10.8 Å². The zero-order valence-electron chi connectivity index (χ0n) is 14.9. The fourth-order valence-electron chi connectivity index (χ4n) is 2.23. The van der Waals surface area contributed by atoms with E-state index in [2.05, 4.69) is 10.0 Å². The summed E-state index contributed by atoms with van der Waals surface area (Å²) in [6.45, 7) is 2.55. The molecule has 0 atom stereocenters. The molecular weight excluding hydrogens is 356 g/mol. The first-order chi connectivity index (χ1) is 12.4. The third-order valence-electron chi connectivity index (χ3n) is 3.60. The maximum absolute atomic E-state index is 12.5. The first-order valence-electron chi connectivity index (χ1n) is 8.04. The molecule has 0 fully saturated rings. The van der Waals surface area contributed by atoms with Gasteiger partial charge in [-0.05, 0) is 42.8 Å². The van der Waals surface area contributed by atoms with E-state index in [1.807, 2.05) is 6.92 Å². The van der Waals surface area contributed by atoms with Crippen LogP contribution >= 0.6 is 0 Å². The predicted molar refractivity (Wildman–Crippen MR) is 99.4 cm³/mol. The van der Waals surface area contributed by atoms with Crippen LogP contribution in [0.4, 0.5) is 5.69 Å². The lowest BCUT2D eigenvalue weighted by Crippen LogP contribution is -2.23. The molecule has 1 amide bonds. The van der Waals surface area contributed by atoms with Crippen LogP contribution in [0.1, 0.15) is 23.7 Å². The number of nitrogens with one attached hydrogen (secondary N) is 2. The Morgan fingerprint density at radius 2 is 1.65 bits per heavy atom. The first-order valence-corrected chi connectivity index (χ1v) is 9.52. The second-order valence-electron chi connectivity index (χ2n) is 5.46. The zero-order chi connectivity index (χ0) is 19.2. The average Bonchev–Trinajstić information content (AvgIpc) is 2.65. The van der Waals surface area contributed by atoms with Gasteiger partial charge < -0.3 is 14.8 Å². The van der Waals surface area contributed by atoms with Crippen molar-refractivity contribution in [2.24, 2.45) is 0 Å². The van der Waals surface area contributed by atoms with Crippen LogP contribution in [-0.4, -0.2) is 35.1 Å². The minimum Gasteiger partial charge on any atom is -0.493 e. The molecule has 0 bridgehead atoms. The Kier molecular flexibility index (Phi) is 6.46. The molecule has 0 heterocycles. The topological polar surface area (TPSA) is 93.7 Å². The van der Waals surface area contributed by atoms with Crippen molar-refractivity contribution in [3.63, 3.8) is 0 Å². The van der Waals surface area contributed by atoms with Gasteiger partial charge in [0.05, 0.1) is 19.1 Å². The number of sulfonamides is 1. The molecular formula is C18H22N2O5S. The number of ether oxygens (including phenoxy) is 2. The molecule has 2 N–H and O–H groups in total. The lowest BCUT2D eigenvalue weighted by Gasteiger charge is -2.12. The van der Waals surface area contributed by atoms with Crippen molar-refractivity contribution < 1.29 is 22.7 Å². The third-order valence-corrected chi connectivity index (χ3v) is 4.98. The minimum absolute atomic E-state index is 0.0416. The molecule has 0 aliphatic heterocycles. The quantitative estimate of drug-likeness (QED) is 0.736. The van der Waals surface area contributed by atoms with Gasteiger partial charge in [0.2, 0.25) is 0 Å². The number of rotatable bonds is 8. The molecule has 0 unspecified atom stereocenters. The number of hydrogen-bond acceptors (Lipinski definition) is 5. The van der Waals surface area contributed by atoms with Gasteiger partial charge in [0.25, 0.3) is 15.9 Å². The van der Waals surface area contributed by atoms with Crippen molar-refractivity contribution in [3.8, 4) is 11.5 Å². The highest BCUT2D eigenvalue weighted by Crippen LogP contribution is 2.30. The van der Waals surface area contributed by atoms with Crippen LogP contribution < -0.4 is 19.5 Å². The van der Waals surface area contributed by atoms with Crippen LogP contribution in [0.15, 0.2) is 47.4 Å². The Morgan fingerprint density at radius 3 is 2.23 bits per heavy atom. The van der Waals surface area contributed by atoms with E-state index in [1.165, 1.54) is 32.4 Å². The molecule has 0 aromatic heterocycles. The number of benzene rings is 2. The van der Waals surface area contributed by atoms with Gasteiger partial charge in [0, 0.05) is 23.9 Å². The van der Waals surface area contributed by atoms with Gasteiger partial charge in [0.1, 0.15) is 0 Å². The Hall–Kier alpha value is -2.74. The van der Waals surface area contributed by atoms with Crippen molar-refractivity contribution in [2.45, 2.75) is 18.2 Å². The molecule has 140 valence electrons. The van der Waals surface area contributed by atoms with Crippen molar-refractivity contribution in [3.05, 3.63) is 48.0 Å². The van der Waals surface area contributed by atoms with E-state index in [0.29, 0.717) is 29.3 Å². The van der Waals surface area contributed by atoms with E-state index in [0.717, 1.165) is 6.42 Å². The number of amides is 1. The molecule has 2 rings (SSSR count). The molecule has 2 aromatic carbocycles. The average molecular weight is 378 g/mol. The monoisotopic (exact) mass is 378 g/mol. The largest absolute Gasteiger partial charge is 0.493 e. The van der Waals surface area contributed by atoms with E-state index in [9.17, 15) is 13.2 Å². The molecule has 26 heavy (non-hydrogen) atoms. The van der Waals surface area contributed by atoms with Gasteiger partial charge in [-0.15, -0.1) is 0 Å². The summed E-state index contributed by atoms with van der Waals surface area (Å²) in [5.41, 5.74) is 0.819. The van der Waals surface area contributed by atoms with E-state index in [1.54, 1.807) is 24.3 Å². The van der Waals surface area contributed by atoms with Crippen molar-refractivity contribution in [1.82, 2.24) is 5.32 Å². The summed E-state index contributed by atoms with van der Waals surface area (Å²) >= 11 is 0. The maximum Gasteiger partial charge on any atom is 0.262 e. The van der Waals surface area contributed by atoms with Crippen LogP contribution in [0.3, 0.4) is 0 Å². The molecule has 0 saturated heterocycles. The molecule has 7 nitrogen and oxygen atoms in total. The smallest absolute Gasteiger partial charge is 0.262 e. The SMILES string of the molecule is CCCNC(=O)c1ccc(NS(=O)(=O)c2ccc(OC)c(OC)c2)cc1. The van der Waals surface area contributed by atoms with Crippen LogP contribution in [-0.2, 0) is 10.0 Å². The van der Waals surface area contributed by atoms with Gasteiger partial charge in [0.15, 0.2) is 11.5 Å². The fraction of sp³-hybridized carbons (Fsp3) is 0.278. The van der Waals surface area contributed by atoms with Gasteiger partial charge in [-0.1, -0.05) is 6.92 Å². The summed E-state index contributed by atoms with van der Waals surface area (Å²) in [5, 5.41) is 2.76. The summed E-state index contributed by atoms with van der Waals surface area (Å²) in [4.78, 5) is 11.9. The van der Waals surface area contributed by atoms with Gasteiger partial charge in [-0.2, -0.15) is 0 Å². The molecule has 2 aromatic rings. The number of carbonyl (C=O) groups is 1. The van der Waals surface area contributed by atoms with E-state index in [4.69, 9.17) is 9.47 Å². The van der Waals surface area contributed by atoms with E-state index < -0.39 is 10.0 Å². The van der Waals surface area contributed by atoms with Gasteiger partial charge in [-0.3, -0.25) is 9.52 Å². The lowest BCUT2D eigenvalue weighted by molar-refractivity contribution is 0.0953. The Balaban J connectivity index is 2.18. The number of carbonyl (C=O) groups excluding carboxylic acids is 1. The fourth-order valence-corrected chi connectivity index (χ4v) is 3.30. The molecule has 0 radical (unpaired) electrons. The second kappa shape index (κ2) is 8.57. The molecule has 0 aliphatic rings. The van der Waals surface area contributed by atoms with Crippen LogP contribution in [0, 0.1) is 0 Å². The van der Waals surface area contributed by atoms with Crippen molar-refractivity contribution in [1.29, 1.82) is 0 Å². The van der Waals surface area contributed by atoms with Crippen molar-refractivity contribution in [2.75, 3.05) is 25.5 Å². The van der Waals surface area contributed by atoms with Gasteiger partial charge >= 0.3 is 0 Å². The summed E-state index contributed by atoms with van der Waals surface area (Å²) < 4.78 is 37.8. The summed E-state index contributed by atoms with van der Waals surface area (Å²) in [7, 11) is -0.895. The van der Waals surface area contributed by atoms with Crippen LogP contribution in [0.5, 0.6) is 11.5 Å². The highest BCUT2D eigenvalue weighted by atomic mass is 32.2. The highest BCUT2D eigenvalue weighted by Gasteiger charge is 2.17. The molecule has 8 heteroatoms. The lowest BCUT2D eigenvalue weighted by atomic mass is 10.2. The summed E-state index contributed by atoms with van der Waals surface area (Å²) in [6, 6.07) is 10.5. The molecule has 0 spiro atoms. The number of anilines is 1. The summed E-state index contributed by atoms with van der Waals surface area (Å²) in [6.07, 6.45) is 0.842. The standard InChI is InChI=1S/C18H22N2O5S/c1-4-11-19-18(21)13-5-7-14(8-6-13)20-26(22,23)15-9-10-16(24-2)17(12-15)25-3/h5-10,12,20H,4,11H2,1-3H3,(H,19,21). The number of hydrogen-bond donors (Lipinski definition) is 2. The van der Waals surface area contributed by atoms with Gasteiger partial charge in [-0.25, -0.2) is 8.42 Å². The van der Waals surface area contributed by atoms with Crippen LogP contribution in [0.2, 0.25) is 0 Å². The Labute approximate surface area is 153 Å². The molecule has 0 aliphatic carbocycles. The molecule has 0 saturated carbocycles. The van der Waals surface area contributed by atoms with Crippen molar-refractivity contribution >= 4 is 21.6 Å². The summed E-state index contributed by atoms with van der Waals surface area (Å²) in [5.74, 6) is 0.563. The van der Waals surface area contributed by atoms with Crippen LogP contribution in [0.25, 0.3) is 0 Å². The second-order valence-corrected chi connectivity index (χ2v) is 7.14. The number of methoxy groups -OCH3 is 2. The highest BCUT2D eigenvalue weighted by molar-refractivity contribution is 7.92.